The van der Waals surface area contributed by atoms with Gasteiger partial charge in [-0.1, -0.05) is 23.4 Å². The highest BCUT2D eigenvalue weighted by Gasteiger charge is 2.28. The Morgan fingerprint density at radius 1 is 1.29 bits per heavy atom. The number of hydrogen-bond acceptors (Lipinski definition) is 5. The van der Waals surface area contributed by atoms with Gasteiger partial charge in [-0.15, -0.1) is 5.10 Å². The highest BCUT2D eigenvalue weighted by Crippen LogP contribution is 2.32. The zero-order chi connectivity index (χ0) is 17.0. The second kappa shape index (κ2) is 7.32. The SMILES string of the molecule is COc1ccccc1C(C)(C)n1cc(COC2CCCCO2)nn1. The summed E-state index contributed by atoms with van der Waals surface area (Å²) >= 11 is 0. The normalized spacial score (nSPS) is 18.5. The van der Waals surface area contributed by atoms with E-state index >= 15 is 0 Å². The van der Waals surface area contributed by atoms with Crippen LogP contribution in [0.15, 0.2) is 30.5 Å². The lowest BCUT2D eigenvalue weighted by Crippen LogP contribution is -2.29. The summed E-state index contributed by atoms with van der Waals surface area (Å²) in [5.74, 6) is 0.839. The molecule has 1 aliphatic rings. The Morgan fingerprint density at radius 2 is 2.12 bits per heavy atom. The lowest BCUT2D eigenvalue weighted by atomic mass is 9.93. The molecule has 0 radical (unpaired) electrons. The molecular formula is C18H25N3O3. The molecule has 1 aromatic heterocycles. The Kier molecular flexibility index (Phi) is 5.16. The van der Waals surface area contributed by atoms with Crippen LogP contribution in [0.2, 0.25) is 0 Å². The van der Waals surface area contributed by atoms with E-state index in [4.69, 9.17) is 14.2 Å². The topological polar surface area (TPSA) is 58.4 Å². The molecule has 1 aromatic carbocycles. The Morgan fingerprint density at radius 3 is 2.88 bits per heavy atom. The minimum atomic E-state index is -0.376. The van der Waals surface area contributed by atoms with Gasteiger partial charge in [0.05, 0.1) is 25.5 Å². The summed E-state index contributed by atoms with van der Waals surface area (Å²) in [4.78, 5) is 0. The van der Waals surface area contributed by atoms with Crippen molar-refractivity contribution in [2.24, 2.45) is 0 Å². The van der Waals surface area contributed by atoms with Crippen LogP contribution in [-0.2, 0) is 21.6 Å². The van der Waals surface area contributed by atoms with Gasteiger partial charge in [-0.2, -0.15) is 0 Å². The molecule has 0 aliphatic carbocycles. The summed E-state index contributed by atoms with van der Waals surface area (Å²) in [7, 11) is 1.68. The predicted octanol–water partition coefficient (Wildman–Crippen LogP) is 3.11. The maximum Gasteiger partial charge on any atom is 0.158 e. The Labute approximate surface area is 142 Å². The summed E-state index contributed by atoms with van der Waals surface area (Å²) in [6.45, 7) is 5.37. The molecule has 3 rings (SSSR count). The van der Waals surface area contributed by atoms with E-state index in [1.54, 1.807) is 7.11 Å². The zero-order valence-electron chi connectivity index (χ0n) is 14.6. The number of para-hydroxylation sites is 1. The highest BCUT2D eigenvalue weighted by atomic mass is 16.7. The second-order valence-corrected chi connectivity index (χ2v) is 6.52. The van der Waals surface area contributed by atoms with E-state index in [1.807, 2.05) is 35.1 Å². The van der Waals surface area contributed by atoms with Gasteiger partial charge in [0.2, 0.25) is 0 Å². The van der Waals surface area contributed by atoms with E-state index in [0.717, 1.165) is 42.9 Å². The first-order valence-electron chi connectivity index (χ1n) is 8.39. The van der Waals surface area contributed by atoms with E-state index in [0.29, 0.717) is 6.61 Å². The molecule has 24 heavy (non-hydrogen) atoms. The Bertz CT molecular complexity index is 663. The van der Waals surface area contributed by atoms with Crippen molar-refractivity contribution in [1.29, 1.82) is 0 Å². The summed E-state index contributed by atoms with van der Waals surface area (Å²) < 4.78 is 18.7. The Balaban J connectivity index is 1.71. The molecule has 0 N–H and O–H groups in total. The van der Waals surface area contributed by atoms with Crippen LogP contribution in [0, 0.1) is 0 Å². The van der Waals surface area contributed by atoms with Gasteiger partial charge in [-0.3, -0.25) is 0 Å². The summed E-state index contributed by atoms with van der Waals surface area (Å²) in [6.07, 6.45) is 5.02. The molecule has 6 heteroatoms. The molecule has 2 heterocycles. The molecule has 1 saturated heterocycles. The molecule has 0 bridgehead atoms. The minimum absolute atomic E-state index is 0.119. The highest BCUT2D eigenvalue weighted by molar-refractivity contribution is 5.38. The minimum Gasteiger partial charge on any atom is -0.496 e. The number of nitrogens with zero attached hydrogens (tertiary/aromatic N) is 3. The molecule has 0 saturated carbocycles. The van der Waals surface area contributed by atoms with Gasteiger partial charge >= 0.3 is 0 Å². The van der Waals surface area contributed by atoms with E-state index in [-0.39, 0.29) is 11.8 Å². The Hall–Kier alpha value is -1.92. The van der Waals surface area contributed by atoms with E-state index < -0.39 is 0 Å². The van der Waals surface area contributed by atoms with Crippen molar-refractivity contribution in [1.82, 2.24) is 15.0 Å². The first kappa shape index (κ1) is 16.9. The van der Waals surface area contributed by atoms with Crippen LogP contribution in [0.4, 0.5) is 0 Å². The first-order chi connectivity index (χ1) is 11.6. The van der Waals surface area contributed by atoms with Crippen LogP contribution in [-0.4, -0.2) is 35.0 Å². The van der Waals surface area contributed by atoms with Crippen molar-refractivity contribution >= 4 is 0 Å². The third-order valence-corrected chi connectivity index (χ3v) is 4.43. The second-order valence-electron chi connectivity index (χ2n) is 6.52. The molecule has 2 aromatic rings. The van der Waals surface area contributed by atoms with Crippen LogP contribution in [0.1, 0.15) is 44.4 Å². The summed E-state index contributed by atoms with van der Waals surface area (Å²) in [5, 5.41) is 8.53. The third kappa shape index (κ3) is 3.60. The van der Waals surface area contributed by atoms with Gasteiger partial charge in [-0.05, 0) is 39.2 Å². The molecule has 130 valence electrons. The van der Waals surface area contributed by atoms with E-state index in [9.17, 15) is 0 Å². The van der Waals surface area contributed by atoms with Gasteiger partial charge < -0.3 is 14.2 Å². The van der Waals surface area contributed by atoms with Crippen LogP contribution < -0.4 is 4.74 Å². The molecule has 6 nitrogen and oxygen atoms in total. The summed E-state index contributed by atoms with van der Waals surface area (Å²) in [5.41, 5.74) is 1.48. The first-order valence-corrected chi connectivity index (χ1v) is 8.39. The molecule has 0 amide bonds. The van der Waals surface area contributed by atoms with Crippen molar-refractivity contribution in [3.8, 4) is 5.75 Å². The third-order valence-electron chi connectivity index (χ3n) is 4.43. The lowest BCUT2D eigenvalue weighted by molar-refractivity contribution is -0.169. The fourth-order valence-electron chi connectivity index (χ4n) is 2.93. The van der Waals surface area contributed by atoms with E-state index in [2.05, 4.69) is 24.2 Å². The van der Waals surface area contributed by atoms with E-state index in [1.165, 1.54) is 0 Å². The van der Waals surface area contributed by atoms with Crippen molar-refractivity contribution < 1.29 is 14.2 Å². The van der Waals surface area contributed by atoms with Crippen LogP contribution in [0.25, 0.3) is 0 Å². The summed E-state index contributed by atoms with van der Waals surface area (Å²) in [6, 6.07) is 7.97. The molecule has 1 aliphatic heterocycles. The maximum absolute atomic E-state index is 5.78. The number of methoxy groups -OCH3 is 1. The van der Waals surface area contributed by atoms with Crippen molar-refractivity contribution in [2.45, 2.75) is 51.5 Å². The molecule has 0 spiro atoms. The fourth-order valence-corrected chi connectivity index (χ4v) is 2.93. The average Bonchev–Trinajstić information content (AvgIpc) is 3.11. The molecule has 1 atom stereocenters. The van der Waals surface area contributed by atoms with Crippen LogP contribution in [0.3, 0.4) is 0 Å². The number of ether oxygens (including phenoxy) is 3. The standard InChI is InChI=1S/C18H25N3O3/c1-18(2,15-8-4-5-9-16(15)22-3)21-12-14(19-20-21)13-24-17-10-6-7-11-23-17/h4-5,8-9,12,17H,6-7,10-11,13H2,1-3H3. The smallest absolute Gasteiger partial charge is 0.158 e. The predicted molar refractivity (Wildman–Crippen MR) is 89.8 cm³/mol. The maximum atomic E-state index is 5.78. The molecule has 1 unspecified atom stereocenters. The van der Waals surface area contributed by atoms with Crippen molar-refractivity contribution in [3.05, 3.63) is 41.7 Å². The van der Waals surface area contributed by atoms with Gasteiger partial charge in [0, 0.05) is 12.2 Å². The number of hydrogen-bond donors (Lipinski definition) is 0. The zero-order valence-corrected chi connectivity index (χ0v) is 14.6. The van der Waals surface area contributed by atoms with Gasteiger partial charge in [0.25, 0.3) is 0 Å². The van der Waals surface area contributed by atoms with Crippen molar-refractivity contribution in [2.75, 3.05) is 13.7 Å². The monoisotopic (exact) mass is 331 g/mol. The number of rotatable bonds is 6. The number of aromatic nitrogens is 3. The number of benzene rings is 1. The molecule has 1 fully saturated rings. The van der Waals surface area contributed by atoms with Gasteiger partial charge in [0.15, 0.2) is 6.29 Å². The fraction of sp³-hybridized carbons (Fsp3) is 0.556. The largest absolute Gasteiger partial charge is 0.496 e. The van der Waals surface area contributed by atoms with Crippen LogP contribution >= 0.6 is 0 Å². The average molecular weight is 331 g/mol. The van der Waals surface area contributed by atoms with Gasteiger partial charge in [0.1, 0.15) is 11.4 Å². The molecular weight excluding hydrogens is 306 g/mol. The van der Waals surface area contributed by atoms with Crippen LogP contribution in [0.5, 0.6) is 5.75 Å². The lowest BCUT2D eigenvalue weighted by Gasteiger charge is -2.27. The van der Waals surface area contributed by atoms with Gasteiger partial charge in [-0.25, -0.2) is 4.68 Å². The van der Waals surface area contributed by atoms with Crippen molar-refractivity contribution in [3.63, 3.8) is 0 Å². The quantitative estimate of drug-likeness (QED) is 0.814.